The van der Waals surface area contributed by atoms with Crippen molar-refractivity contribution in [3.8, 4) is 5.75 Å². The monoisotopic (exact) mass is 702 g/mol. The van der Waals surface area contributed by atoms with E-state index in [4.69, 9.17) is 0 Å². The van der Waals surface area contributed by atoms with Crippen LogP contribution in [0.3, 0.4) is 0 Å². The number of piperidine rings is 1. The Kier molecular flexibility index (Phi) is 8.22. The van der Waals surface area contributed by atoms with Crippen LogP contribution in [0.15, 0.2) is 54.9 Å². The molecule has 2 atom stereocenters. The molecule has 0 aliphatic carbocycles. The summed E-state index contributed by atoms with van der Waals surface area (Å²) in [7, 11) is 0. The molecule has 16 nitrogen and oxygen atoms in total. The molecule has 18 heteroatoms. The summed E-state index contributed by atoms with van der Waals surface area (Å²) in [5, 5.41) is 23.2. The number of benzene rings is 3. The van der Waals surface area contributed by atoms with Crippen LogP contribution in [0, 0.1) is 5.82 Å². The number of anilines is 3. The topological polar surface area (TPSA) is 212 Å². The van der Waals surface area contributed by atoms with Crippen LogP contribution >= 0.6 is 0 Å². The molecular weight excluding hydrogens is 675 g/mol. The number of imide groups is 2. The van der Waals surface area contributed by atoms with Gasteiger partial charge in [0.2, 0.25) is 28.9 Å². The number of fused-ring (bicyclic) bond motifs is 2. The maximum absolute atomic E-state index is 15.3. The van der Waals surface area contributed by atoms with Crippen LogP contribution in [0.4, 0.5) is 21.5 Å². The Morgan fingerprint density at radius 1 is 1.08 bits per heavy atom. The van der Waals surface area contributed by atoms with E-state index in [9.17, 15) is 38.1 Å². The van der Waals surface area contributed by atoms with E-state index in [0.29, 0.717) is 11.4 Å². The van der Waals surface area contributed by atoms with Gasteiger partial charge in [0.1, 0.15) is 24.0 Å². The molecule has 2 unspecified atom stereocenters. The maximum Gasteiger partial charge on any atom is 0.264 e. The smallest absolute Gasteiger partial charge is 0.264 e. The standard InChI is InChI=1S/C32H27FN8O8S/c33-28-19-5-4-18(10-17(19)11-23(42)29(28)40-15-26(45)38-50(40)49)36-25(44)8-9-39-14-16(13-35-39)12-34-21-3-1-2-20-27(21)32(48)41(31(20)47)22-6-7-24(43)37-30(22)46/h1-5,10-11,13-14,22,34,42H,6-9,12,15H2,(H,36,44)(H,38,45)(H,37,43,46). The average Bonchev–Trinajstić information content (AvgIpc) is 3.74. The molecule has 5 N–H and O–H groups in total. The summed E-state index contributed by atoms with van der Waals surface area (Å²) in [6.07, 6.45) is 3.40. The number of phenols is 1. The predicted octanol–water partition coefficient (Wildman–Crippen LogP) is 1.44. The quantitative estimate of drug-likeness (QED) is 0.158. The average molecular weight is 703 g/mol. The highest BCUT2D eigenvalue weighted by Gasteiger charge is 2.45. The van der Waals surface area contributed by atoms with Gasteiger partial charge >= 0.3 is 0 Å². The first-order valence-electron chi connectivity index (χ1n) is 15.3. The van der Waals surface area contributed by atoms with Gasteiger partial charge in [-0.25, -0.2) is 8.60 Å². The van der Waals surface area contributed by atoms with Gasteiger partial charge in [0.15, 0.2) is 5.82 Å². The molecule has 4 aromatic rings. The van der Waals surface area contributed by atoms with Gasteiger partial charge < -0.3 is 15.7 Å². The molecule has 256 valence electrons. The van der Waals surface area contributed by atoms with Crippen LogP contribution in [0.25, 0.3) is 10.8 Å². The zero-order valence-electron chi connectivity index (χ0n) is 25.9. The van der Waals surface area contributed by atoms with Crippen molar-refractivity contribution >= 4 is 74.4 Å². The lowest BCUT2D eigenvalue weighted by molar-refractivity contribution is -0.136. The largest absolute Gasteiger partial charge is 0.506 e. The summed E-state index contributed by atoms with van der Waals surface area (Å²) in [6, 6.07) is 9.32. The lowest BCUT2D eigenvalue weighted by Gasteiger charge is -2.27. The van der Waals surface area contributed by atoms with Crippen molar-refractivity contribution in [2.24, 2.45) is 0 Å². The number of aryl methyl sites for hydroxylation is 1. The lowest BCUT2D eigenvalue weighted by Crippen LogP contribution is -2.54. The molecule has 0 saturated carbocycles. The zero-order valence-corrected chi connectivity index (χ0v) is 26.7. The van der Waals surface area contributed by atoms with Crippen LogP contribution in [0.5, 0.6) is 5.75 Å². The van der Waals surface area contributed by atoms with E-state index < -0.39 is 58.3 Å². The first kappa shape index (κ1) is 32.4. The lowest BCUT2D eigenvalue weighted by atomic mass is 10.0. The number of phenolic OH excluding ortho intramolecular Hbond substituents is 1. The second-order valence-corrected chi connectivity index (χ2v) is 12.9. The van der Waals surface area contributed by atoms with Crippen molar-refractivity contribution in [2.75, 3.05) is 21.5 Å². The van der Waals surface area contributed by atoms with Gasteiger partial charge in [-0.3, -0.25) is 52.7 Å². The summed E-state index contributed by atoms with van der Waals surface area (Å²) in [5.74, 6) is -4.69. The van der Waals surface area contributed by atoms with Crippen molar-refractivity contribution < 1.29 is 42.5 Å². The van der Waals surface area contributed by atoms with Crippen molar-refractivity contribution in [3.05, 3.63) is 77.4 Å². The fourth-order valence-corrected chi connectivity index (χ4v) is 7.05. The molecule has 0 radical (unpaired) electrons. The Morgan fingerprint density at radius 2 is 1.90 bits per heavy atom. The minimum Gasteiger partial charge on any atom is -0.506 e. The minimum absolute atomic E-state index is 0.0197. The molecule has 0 bridgehead atoms. The van der Waals surface area contributed by atoms with E-state index in [2.05, 4.69) is 25.8 Å². The third kappa shape index (κ3) is 5.89. The van der Waals surface area contributed by atoms with Gasteiger partial charge in [-0.1, -0.05) is 6.07 Å². The molecule has 7 rings (SSSR count). The highest BCUT2D eigenvalue weighted by molar-refractivity contribution is 7.85. The Balaban J connectivity index is 0.958. The Morgan fingerprint density at radius 3 is 2.66 bits per heavy atom. The molecule has 50 heavy (non-hydrogen) atoms. The molecule has 6 amide bonds. The number of nitrogens with one attached hydrogen (secondary N) is 4. The summed E-state index contributed by atoms with van der Waals surface area (Å²) in [5.41, 5.74) is 1.37. The molecule has 3 aliphatic heterocycles. The zero-order chi connectivity index (χ0) is 35.3. The van der Waals surface area contributed by atoms with Crippen LogP contribution in [-0.4, -0.2) is 72.0 Å². The second-order valence-electron chi connectivity index (χ2n) is 11.7. The van der Waals surface area contributed by atoms with Crippen LogP contribution < -0.4 is 25.0 Å². The Bertz CT molecular complexity index is 2190. The summed E-state index contributed by atoms with van der Waals surface area (Å²) in [4.78, 5) is 75.6. The van der Waals surface area contributed by atoms with Crippen LogP contribution in [0.2, 0.25) is 0 Å². The van der Waals surface area contributed by atoms with Gasteiger partial charge in [-0.2, -0.15) is 5.10 Å². The van der Waals surface area contributed by atoms with E-state index in [1.807, 2.05) is 0 Å². The highest BCUT2D eigenvalue weighted by Crippen LogP contribution is 2.38. The number of aromatic hydroxyl groups is 1. The van der Waals surface area contributed by atoms with Crippen LogP contribution in [-0.2, 0) is 43.4 Å². The third-order valence-corrected chi connectivity index (χ3v) is 9.57. The molecule has 2 fully saturated rings. The van der Waals surface area contributed by atoms with Gasteiger partial charge in [-0.05, 0) is 48.2 Å². The normalized spacial score (nSPS) is 18.8. The van der Waals surface area contributed by atoms with Crippen molar-refractivity contribution in [1.29, 1.82) is 0 Å². The summed E-state index contributed by atoms with van der Waals surface area (Å²) >= 11 is -2.03. The summed E-state index contributed by atoms with van der Waals surface area (Å²) in [6.45, 7) is 0.0633. The molecule has 3 aliphatic rings. The van der Waals surface area contributed by atoms with Gasteiger partial charge in [0, 0.05) is 54.5 Å². The van der Waals surface area contributed by atoms with Gasteiger partial charge in [-0.15, -0.1) is 0 Å². The van der Waals surface area contributed by atoms with Gasteiger partial charge in [0.05, 0.1) is 17.3 Å². The molecule has 3 aromatic carbocycles. The Labute approximate surface area is 284 Å². The number of hydrogen-bond acceptors (Lipinski definition) is 10. The fourth-order valence-electron chi connectivity index (χ4n) is 6.11. The number of aromatic nitrogens is 2. The maximum atomic E-state index is 15.3. The number of halogens is 1. The Hall–Kier alpha value is -6.17. The molecule has 1 aromatic heterocycles. The van der Waals surface area contributed by atoms with Crippen LogP contribution in [0.1, 0.15) is 45.5 Å². The van der Waals surface area contributed by atoms with Crippen molar-refractivity contribution in [1.82, 2.24) is 24.7 Å². The van der Waals surface area contributed by atoms with E-state index in [0.717, 1.165) is 14.8 Å². The predicted molar refractivity (Wildman–Crippen MR) is 175 cm³/mol. The number of rotatable bonds is 9. The molecule has 0 spiro atoms. The summed E-state index contributed by atoms with van der Waals surface area (Å²) < 4.78 is 32.1. The first-order chi connectivity index (χ1) is 24.0. The van der Waals surface area contributed by atoms with E-state index >= 15 is 4.39 Å². The number of carbonyl (C=O) groups excluding carboxylic acids is 6. The molecule has 2 saturated heterocycles. The second kappa shape index (κ2) is 12.7. The van der Waals surface area contributed by atoms with E-state index in [1.54, 1.807) is 29.2 Å². The third-order valence-electron chi connectivity index (χ3n) is 8.46. The fraction of sp³-hybridized carbons (Fsp3) is 0.219. The van der Waals surface area contributed by atoms with Crippen molar-refractivity contribution in [3.63, 3.8) is 0 Å². The number of hydrogen-bond donors (Lipinski definition) is 5. The SMILES string of the molecule is O=C1CCC(N2C(=O)c3cccc(NCc4cnn(CCC(=O)Nc5ccc6c(F)c(N7CC(=O)NS7=O)c(O)cc6c5)c4)c3C2=O)C(=O)N1. The molecule has 4 heterocycles. The number of amides is 6. The minimum atomic E-state index is -2.03. The number of carbonyl (C=O) groups is 6. The van der Waals surface area contributed by atoms with E-state index in [-0.39, 0.29) is 72.4 Å². The number of nitrogens with zero attached hydrogens (tertiary/aromatic N) is 4. The van der Waals surface area contributed by atoms with Gasteiger partial charge in [0.25, 0.3) is 17.7 Å². The molecular formula is C32H27FN8O8S. The first-order valence-corrected chi connectivity index (χ1v) is 16.4. The van der Waals surface area contributed by atoms with Crippen molar-refractivity contribution in [2.45, 2.75) is 38.4 Å². The highest BCUT2D eigenvalue weighted by atomic mass is 32.2. The van der Waals surface area contributed by atoms with E-state index in [1.165, 1.54) is 30.3 Å².